The molecule has 11 heteroatoms. The molecule has 7 nitrogen and oxygen atoms in total. The molecule has 272 valence electrons. The molecule has 50 heavy (non-hydrogen) atoms. The molecule has 2 fully saturated rings. The summed E-state index contributed by atoms with van der Waals surface area (Å²) in [5.74, 6) is -1.62. The second-order valence-corrected chi connectivity index (χ2v) is 11.7. The number of halogens is 4. The highest BCUT2D eigenvalue weighted by Gasteiger charge is 2.47. The summed E-state index contributed by atoms with van der Waals surface area (Å²) < 4.78 is 72.1. The molecule has 1 aromatic heterocycles. The minimum Gasteiger partial charge on any atom is -0.493 e. The fourth-order valence-electron chi connectivity index (χ4n) is 5.34. The van der Waals surface area contributed by atoms with Gasteiger partial charge in [-0.25, -0.2) is 9.37 Å². The lowest BCUT2D eigenvalue weighted by molar-refractivity contribution is -0.151. The van der Waals surface area contributed by atoms with Crippen LogP contribution >= 0.6 is 0 Å². The first-order valence-corrected chi connectivity index (χ1v) is 16.7. The number of carbonyl (C=O) groups excluding carboxylic acids is 1. The molecular formula is C39H49F4N3O4. The van der Waals surface area contributed by atoms with E-state index in [1.165, 1.54) is 37.4 Å². The van der Waals surface area contributed by atoms with Gasteiger partial charge >= 0.3 is 6.18 Å². The van der Waals surface area contributed by atoms with E-state index in [2.05, 4.69) is 10.6 Å². The first-order valence-electron chi connectivity index (χ1n) is 16.7. The van der Waals surface area contributed by atoms with Crippen molar-refractivity contribution in [1.82, 2.24) is 15.6 Å². The number of allylic oxidation sites excluding steroid dienone is 2. The number of alkyl halides is 3. The maximum absolute atomic E-state index is 13.9. The van der Waals surface area contributed by atoms with E-state index in [9.17, 15) is 22.4 Å². The van der Waals surface area contributed by atoms with Crippen LogP contribution in [0.15, 0.2) is 73.1 Å². The van der Waals surface area contributed by atoms with Gasteiger partial charge in [-0.15, -0.1) is 0 Å². The van der Waals surface area contributed by atoms with E-state index in [-0.39, 0.29) is 54.8 Å². The molecule has 0 spiro atoms. The van der Waals surface area contributed by atoms with Crippen LogP contribution in [0.1, 0.15) is 94.3 Å². The Labute approximate surface area is 293 Å². The van der Waals surface area contributed by atoms with E-state index in [1.807, 2.05) is 52.2 Å². The van der Waals surface area contributed by atoms with Gasteiger partial charge in [0.05, 0.1) is 13.2 Å². The van der Waals surface area contributed by atoms with Crippen LogP contribution < -0.4 is 24.8 Å². The molecule has 1 aliphatic heterocycles. The first kappa shape index (κ1) is 39.9. The highest BCUT2D eigenvalue weighted by molar-refractivity contribution is 5.95. The quantitative estimate of drug-likeness (QED) is 0.194. The van der Waals surface area contributed by atoms with Crippen molar-refractivity contribution < 1.29 is 36.6 Å². The van der Waals surface area contributed by atoms with Gasteiger partial charge in [-0.2, -0.15) is 13.2 Å². The third-order valence-corrected chi connectivity index (χ3v) is 8.13. The molecule has 6 rings (SSSR count). The van der Waals surface area contributed by atoms with Crippen molar-refractivity contribution in [1.29, 1.82) is 0 Å². The van der Waals surface area contributed by atoms with Crippen LogP contribution in [0.3, 0.4) is 0 Å². The van der Waals surface area contributed by atoms with Crippen molar-refractivity contribution in [2.24, 2.45) is 5.92 Å². The topological polar surface area (TPSA) is 81.7 Å². The van der Waals surface area contributed by atoms with E-state index in [0.29, 0.717) is 28.3 Å². The van der Waals surface area contributed by atoms with Crippen molar-refractivity contribution in [2.45, 2.75) is 84.9 Å². The molecule has 2 N–H and O–H groups in total. The molecule has 2 unspecified atom stereocenters. The molecular weight excluding hydrogens is 650 g/mol. The van der Waals surface area contributed by atoms with E-state index < -0.39 is 24.5 Å². The molecule has 0 radical (unpaired) electrons. The second kappa shape index (κ2) is 18.5. The number of aromatic nitrogens is 1. The van der Waals surface area contributed by atoms with Gasteiger partial charge < -0.3 is 24.8 Å². The summed E-state index contributed by atoms with van der Waals surface area (Å²) in [7, 11) is 1.51. The number of carbonyl (C=O) groups is 1. The summed E-state index contributed by atoms with van der Waals surface area (Å²) in [5.41, 5.74) is 1.55. The zero-order valence-corrected chi connectivity index (χ0v) is 28.6. The lowest BCUT2D eigenvalue weighted by Crippen LogP contribution is -2.30. The van der Waals surface area contributed by atoms with Crippen LogP contribution in [0, 0.1) is 11.7 Å². The van der Waals surface area contributed by atoms with Crippen molar-refractivity contribution in [2.75, 3.05) is 20.3 Å². The number of nitrogens with zero attached hydrogens (tertiary/aromatic N) is 1. The molecule has 0 bridgehead atoms. The molecule has 2 saturated carbocycles. The van der Waals surface area contributed by atoms with Crippen molar-refractivity contribution in [3.05, 3.63) is 95.7 Å². The lowest BCUT2D eigenvalue weighted by Gasteiger charge is -2.21. The van der Waals surface area contributed by atoms with Gasteiger partial charge in [0.1, 0.15) is 29.8 Å². The average molecular weight is 700 g/mol. The number of hydrogen-bond acceptors (Lipinski definition) is 6. The van der Waals surface area contributed by atoms with Gasteiger partial charge in [0.15, 0.2) is 11.5 Å². The third-order valence-electron chi connectivity index (χ3n) is 8.13. The number of pyridine rings is 1. The minimum atomic E-state index is -4.50. The minimum absolute atomic E-state index is 0. The highest BCUT2D eigenvalue weighted by atomic mass is 19.4. The molecule has 0 saturated heterocycles. The number of methoxy groups -OCH3 is 1. The van der Waals surface area contributed by atoms with Crippen molar-refractivity contribution in [3.8, 4) is 28.5 Å². The SMILES string of the molecule is C.C/C=C\N/C=C\C.CC.COc1cc(C(=O)NCC(c2cc3c(c(-c4ccc(F)cc4)n2)OCC3C(F)(F)F)C2CC2)ccc1OC1CC1. The number of ether oxygens (including phenoxy) is 3. The molecule has 2 aliphatic carbocycles. The van der Waals surface area contributed by atoms with E-state index in [1.54, 1.807) is 18.2 Å². The molecule has 3 aromatic rings. The summed E-state index contributed by atoms with van der Waals surface area (Å²) in [5, 5.41) is 5.86. The Hall–Kier alpha value is -4.54. The van der Waals surface area contributed by atoms with Gasteiger partial charge in [-0.05, 0) is 106 Å². The molecule has 2 heterocycles. The van der Waals surface area contributed by atoms with Gasteiger partial charge in [-0.1, -0.05) is 33.4 Å². The fourth-order valence-corrected chi connectivity index (χ4v) is 5.34. The fraction of sp³-hybridized carbons (Fsp3) is 0.436. The summed E-state index contributed by atoms with van der Waals surface area (Å²) >= 11 is 0. The van der Waals surface area contributed by atoms with Crippen LogP contribution in [0.25, 0.3) is 11.3 Å². The number of rotatable bonds is 11. The van der Waals surface area contributed by atoms with Crippen molar-refractivity contribution >= 4 is 5.91 Å². The zero-order chi connectivity index (χ0) is 35.6. The molecule has 3 aliphatic rings. The summed E-state index contributed by atoms with van der Waals surface area (Å²) in [4.78, 5) is 17.8. The van der Waals surface area contributed by atoms with Crippen LogP contribution in [0.4, 0.5) is 17.6 Å². The largest absolute Gasteiger partial charge is 0.493 e. The predicted molar refractivity (Wildman–Crippen MR) is 189 cm³/mol. The highest BCUT2D eigenvalue weighted by Crippen LogP contribution is 2.50. The van der Waals surface area contributed by atoms with Gasteiger partial charge in [0.25, 0.3) is 5.91 Å². The summed E-state index contributed by atoms with van der Waals surface area (Å²) in [6.07, 6.45) is 7.06. The molecule has 2 atom stereocenters. The summed E-state index contributed by atoms with van der Waals surface area (Å²) in [6.45, 7) is 7.59. The van der Waals surface area contributed by atoms with Gasteiger partial charge in [0, 0.05) is 34.8 Å². The normalized spacial score (nSPS) is 16.9. The van der Waals surface area contributed by atoms with Gasteiger partial charge in [-0.3, -0.25) is 4.79 Å². The Balaban J connectivity index is 0.000000606. The van der Waals surface area contributed by atoms with Crippen LogP contribution in [0.5, 0.6) is 17.2 Å². The standard InChI is InChI=1S/C30H28F4N2O4.C6H11N.C2H6.CH4/c1-38-26-12-18(6-11-25(26)40-20-9-10-20)29(37)35-14-22(16-2-3-16)24-13-21-23(30(32,33)34)15-39-28(21)27(36-24)17-4-7-19(31)8-5-17;1-3-5-7-6-4-2;1-2;/h4-8,11-13,16,20,22-23H,2-3,9-10,14-15H2,1H3,(H,35,37);3-7H,1-2H3;1-2H3;1H4/b;5-3-,6-4-;;. The summed E-state index contributed by atoms with van der Waals surface area (Å²) in [6, 6.07) is 11.9. The number of hydrogen-bond donors (Lipinski definition) is 2. The number of amides is 1. The number of benzene rings is 2. The van der Waals surface area contributed by atoms with E-state index in [0.717, 1.165) is 25.7 Å². The average Bonchev–Trinajstić information content (AvgIpc) is 4.05. The number of nitrogens with one attached hydrogen (secondary N) is 2. The van der Waals surface area contributed by atoms with E-state index in [4.69, 9.17) is 19.2 Å². The Morgan fingerprint density at radius 1 is 1.00 bits per heavy atom. The smallest absolute Gasteiger partial charge is 0.399 e. The van der Waals surface area contributed by atoms with E-state index >= 15 is 0 Å². The molecule has 2 aromatic carbocycles. The Morgan fingerprint density at radius 3 is 2.22 bits per heavy atom. The van der Waals surface area contributed by atoms with Gasteiger partial charge in [0.2, 0.25) is 0 Å². The third kappa shape index (κ3) is 10.5. The maximum atomic E-state index is 13.9. The zero-order valence-electron chi connectivity index (χ0n) is 28.6. The Bertz CT molecular complexity index is 1590. The number of fused-ring (bicyclic) bond motifs is 1. The maximum Gasteiger partial charge on any atom is 0.399 e. The van der Waals surface area contributed by atoms with Crippen LogP contribution in [-0.4, -0.2) is 43.4 Å². The monoisotopic (exact) mass is 699 g/mol. The Morgan fingerprint density at radius 2 is 1.66 bits per heavy atom. The Kier molecular flexibility index (Phi) is 14.7. The van der Waals surface area contributed by atoms with Crippen LogP contribution in [0.2, 0.25) is 0 Å². The van der Waals surface area contributed by atoms with Crippen LogP contribution in [-0.2, 0) is 0 Å². The second-order valence-electron chi connectivity index (χ2n) is 11.7. The predicted octanol–water partition coefficient (Wildman–Crippen LogP) is 9.70. The lowest BCUT2D eigenvalue weighted by atomic mass is 9.92. The van der Waals surface area contributed by atoms with Crippen molar-refractivity contribution in [3.63, 3.8) is 0 Å². The first-order chi connectivity index (χ1) is 23.6. The molecule has 1 amide bonds.